The van der Waals surface area contributed by atoms with Gasteiger partial charge in [-0.3, -0.25) is 9.59 Å². The van der Waals surface area contributed by atoms with E-state index < -0.39 is 0 Å². The molecule has 3 aromatic rings. The molecule has 0 saturated heterocycles. The molecule has 1 aromatic heterocycles. The molecule has 30 heavy (non-hydrogen) atoms. The third-order valence-electron chi connectivity index (χ3n) is 5.27. The lowest BCUT2D eigenvalue weighted by Crippen LogP contribution is -2.49. The van der Waals surface area contributed by atoms with E-state index in [1.54, 1.807) is 18.2 Å². The maximum absolute atomic E-state index is 12.4. The number of benzene rings is 2. The van der Waals surface area contributed by atoms with Crippen molar-refractivity contribution in [3.8, 4) is 0 Å². The quantitative estimate of drug-likeness (QED) is 0.497. The lowest BCUT2D eigenvalue weighted by atomic mass is 9.94. The molecule has 0 aliphatic rings. The third-order valence-corrected chi connectivity index (χ3v) is 5.27. The zero-order valence-electron chi connectivity index (χ0n) is 17.2. The van der Waals surface area contributed by atoms with Crippen LogP contribution in [-0.4, -0.2) is 23.9 Å². The van der Waals surface area contributed by atoms with E-state index in [9.17, 15) is 9.59 Å². The Balaban J connectivity index is 0.00000320. The summed E-state index contributed by atoms with van der Waals surface area (Å²) in [6, 6.07) is 16.4. The number of fused-ring (bicyclic) bond motifs is 1. The van der Waals surface area contributed by atoms with Crippen molar-refractivity contribution >= 4 is 40.9 Å². The van der Waals surface area contributed by atoms with Crippen LogP contribution in [-0.2, 0) is 11.2 Å². The summed E-state index contributed by atoms with van der Waals surface area (Å²) in [4.78, 5) is 24.6. The smallest absolute Gasteiger partial charge is 0.291 e. The SMILES string of the molecule is CCC(N)(CC)CNC(=O)Cc1ccc(NC(=O)c2cc3ccccc3o2)cc1.Cl. The molecule has 6 nitrogen and oxygen atoms in total. The van der Waals surface area contributed by atoms with Gasteiger partial charge in [0.15, 0.2) is 5.76 Å². The second kappa shape index (κ2) is 10.3. The number of furan rings is 1. The molecule has 7 heteroatoms. The van der Waals surface area contributed by atoms with Crippen molar-refractivity contribution in [2.24, 2.45) is 5.73 Å². The molecule has 0 saturated carbocycles. The third kappa shape index (κ3) is 5.84. The van der Waals surface area contributed by atoms with E-state index in [2.05, 4.69) is 10.6 Å². The fourth-order valence-corrected chi connectivity index (χ4v) is 3.01. The minimum absolute atomic E-state index is 0. The summed E-state index contributed by atoms with van der Waals surface area (Å²) in [5.74, 6) is -0.127. The van der Waals surface area contributed by atoms with Gasteiger partial charge in [-0.05, 0) is 42.7 Å². The molecular formula is C23H28ClN3O3. The first kappa shape index (κ1) is 23.4. The van der Waals surface area contributed by atoms with Gasteiger partial charge in [0, 0.05) is 23.2 Å². The van der Waals surface area contributed by atoms with Crippen LogP contribution in [0.1, 0.15) is 42.8 Å². The van der Waals surface area contributed by atoms with Crippen LogP contribution >= 0.6 is 12.4 Å². The van der Waals surface area contributed by atoms with Crippen molar-refractivity contribution in [3.05, 3.63) is 65.9 Å². The van der Waals surface area contributed by atoms with Crippen LogP contribution in [0.5, 0.6) is 0 Å². The predicted molar refractivity (Wildman–Crippen MR) is 122 cm³/mol. The second-order valence-electron chi connectivity index (χ2n) is 7.32. The Hall–Kier alpha value is -2.83. The molecule has 0 atom stereocenters. The van der Waals surface area contributed by atoms with Crippen molar-refractivity contribution in [3.63, 3.8) is 0 Å². The van der Waals surface area contributed by atoms with Crippen LogP contribution in [0.4, 0.5) is 5.69 Å². The molecular weight excluding hydrogens is 402 g/mol. The van der Waals surface area contributed by atoms with E-state index in [0.29, 0.717) is 17.8 Å². The number of carbonyl (C=O) groups is 2. The standard InChI is InChI=1S/C23H27N3O3.ClH/c1-3-23(24,4-2)15-25-21(27)13-16-9-11-18(12-10-16)26-22(28)20-14-17-7-5-6-8-19(17)29-20;/h5-12,14H,3-4,13,15,24H2,1-2H3,(H,25,27)(H,26,28);1H. The maximum atomic E-state index is 12.4. The van der Waals surface area contributed by atoms with Crippen molar-refractivity contribution in [1.82, 2.24) is 5.32 Å². The lowest BCUT2D eigenvalue weighted by molar-refractivity contribution is -0.120. The Labute approximate surface area is 182 Å². The van der Waals surface area contributed by atoms with Gasteiger partial charge in [0.2, 0.25) is 5.91 Å². The van der Waals surface area contributed by atoms with Crippen LogP contribution in [0, 0.1) is 0 Å². The van der Waals surface area contributed by atoms with E-state index in [1.165, 1.54) is 0 Å². The van der Waals surface area contributed by atoms with E-state index >= 15 is 0 Å². The number of hydrogen-bond donors (Lipinski definition) is 3. The number of halogens is 1. The number of para-hydroxylation sites is 1. The van der Waals surface area contributed by atoms with Gasteiger partial charge in [0.05, 0.1) is 6.42 Å². The minimum Gasteiger partial charge on any atom is -0.451 e. The van der Waals surface area contributed by atoms with E-state index in [-0.39, 0.29) is 41.9 Å². The number of amides is 2. The van der Waals surface area contributed by atoms with E-state index in [1.807, 2.05) is 50.2 Å². The van der Waals surface area contributed by atoms with Crippen LogP contribution in [0.15, 0.2) is 59.0 Å². The first-order valence-electron chi connectivity index (χ1n) is 9.87. The number of nitrogens with two attached hydrogens (primary N) is 1. The van der Waals surface area contributed by atoms with Gasteiger partial charge < -0.3 is 20.8 Å². The summed E-state index contributed by atoms with van der Waals surface area (Å²) in [5.41, 5.74) is 8.02. The molecule has 0 radical (unpaired) electrons. The molecule has 0 unspecified atom stereocenters. The Morgan fingerprint density at radius 2 is 1.70 bits per heavy atom. The summed E-state index contributed by atoms with van der Waals surface area (Å²) in [5, 5.41) is 6.60. The zero-order valence-corrected chi connectivity index (χ0v) is 18.1. The van der Waals surface area contributed by atoms with Crippen LogP contribution in [0.25, 0.3) is 11.0 Å². The summed E-state index contributed by atoms with van der Waals surface area (Å²) in [6.07, 6.45) is 1.88. The lowest BCUT2D eigenvalue weighted by Gasteiger charge is -2.26. The van der Waals surface area contributed by atoms with Crippen LogP contribution in [0.2, 0.25) is 0 Å². The maximum Gasteiger partial charge on any atom is 0.291 e. The molecule has 2 aromatic carbocycles. The van der Waals surface area contributed by atoms with Crippen molar-refractivity contribution in [2.75, 3.05) is 11.9 Å². The molecule has 3 rings (SSSR count). The number of carbonyl (C=O) groups excluding carboxylic acids is 2. The molecule has 2 amide bonds. The predicted octanol–water partition coefficient (Wildman–Crippen LogP) is 4.28. The Kier molecular flexibility index (Phi) is 8.03. The second-order valence-corrected chi connectivity index (χ2v) is 7.32. The first-order valence-corrected chi connectivity index (χ1v) is 9.87. The molecule has 4 N–H and O–H groups in total. The molecule has 160 valence electrons. The molecule has 0 spiro atoms. The monoisotopic (exact) mass is 429 g/mol. The van der Waals surface area contributed by atoms with E-state index in [4.69, 9.17) is 10.2 Å². The van der Waals surface area contributed by atoms with E-state index in [0.717, 1.165) is 23.8 Å². The molecule has 0 aliphatic heterocycles. The van der Waals surface area contributed by atoms with Crippen LogP contribution < -0.4 is 16.4 Å². The van der Waals surface area contributed by atoms with Crippen LogP contribution in [0.3, 0.4) is 0 Å². The van der Waals surface area contributed by atoms with Crippen molar-refractivity contribution < 1.29 is 14.0 Å². The summed E-state index contributed by atoms with van der Waals surface area (Å²) in [7, 11) is 0. The Morgan fingerprint density at radius 3 is 2.33 bits per heavy atom. The summed E-state index contributed by atoms with van der Waals surface area (Å²) < 4.78 is 5.58. The highest BCUT2D eigenvalue weighted by molar-refractivity contribution is 6.04. The van der Waals surface area contributed by atoms with Gasteiger partial charge in [-0.15, -0.1) is 12.4 Å². The average molecular weight is 430 g/mol. The number of anilines is 1. The van der Waals surface area contributed by atoms with Gasteiger partial charge in [0.25, 0.3) is 5.91 Å². The normalized spacial score (nSPS) is 11.0. The fourth-order valence-electron chi connectivity index (χ4n) is 3.01. The number of nitrogens with one attached hydrogen (secondary N) is 2. The zero-order chi connectivity index (χ0) is 20.9. The van der Waals surface area contributed by atoms with Gasteiger partial charge in [-0.2, -0.15) is 0 Å². The highest BCUT2D eigenvalue weighted by atomic mass is 35.5. The Morgan fingerprint density at radius 1 is 1.03 bits per heavy atom. The first-order chi connectivity index (χ1) is 13.9. The number of rotatable bonds is 8. The topological polar surface area (TPSA) is 97.4 Å². The van der Waals surface area contributed by atoms with Crippen molar-refractivity contribution in [2.45, 2.75) is 38.6 Å². The van der Waals surface area contributed by atoms with Crippen molar-refractivity contribution in [1.29, 1.82) is 0 Å². The molecule has 0 aliphatic carbocycles. The minimum atomic E-state index is -0.361. The number of hydrogen-bond acceptors (Lipinski definition) is 4. The molecule has 0 fully saturated rings. The fraction of sp³-hybridized carbons (Fsp3) is 0.304. The molecule has 0 bridgehead atoms. The highest BCUT2D eigenvalue weighted by Crippen LogP contribution is 2.20. The Bertz CT molecular complexity index is 961. The average Bonchev–Trinajstić information content (AvgIpc) is 3.18. The van der Waals surface area contributed by atoms with Gasteiger partial charge in [-0.25, -0.2) is 0 Å². The molecule has 1 heterocycles. The highest BCUT2D eigenvalue weighted by Gasteiger charge is 2.20. The van der Waals surface area contributed by atoms with Gasteiger partial charge in [-0.1, -0.05) is 44.2 Å². The summed E-state index contributed by atoms with van der Waals surface area (Å²) in [6.45, 7) is 4.51. The largest absolute Gasteiger partial charge is 0.451 e. The van der Waals surface area contributed by atoms with Gasteiger partial charge >= 0.3 is 0 Å². The van der Waals surface area contributed by atoms with Gasteiger partial charge in [0.1, 0.15) is 5.58 Å². The summed E-state index contributed by atoms with van der Waals surface area (Å²) >= 11 is 0.